The summed E-state index contributed by atoms with van der Waals surface area (Å²) in [4.78, 5) is 22.1. The number of piperidine rings is 2. The lowest BCUT2D eigenvalue weighted by atomic mass is 9.96. The Bertz CT molecular complexity index is 832. The number of benzene rings is 1. The number of nitrogens with one attached hydrogen (secondary N) is 1. The summed E-state index contributed by atoms with van der Waals surface area (Å²) >= 11 is 0. The van der Waals surface area contributed by atoms with E-state index in [0.717, 1.165) is 57.0 Å². The highest BCUT2D eigenvalue weighted by molar-refractivity contribution is 5.78. The van der Waals surface area contributed by atoms with E-state index in [0.29, 0.717) is 18.3 Å². The van der Waals surface area contributed by atoms with Crippen LogP contribution in [0.4, 0.5) is 0 Å². The van der Waals surface area contributed by atoms with Crippen LogP contribution in [-0.2, 0) is 11.3 Å². The zero-order valence-corrected chi connectivity index (χ0v) is 19.3. The molecule has 7 heteroatoms. The maximum atomic E-state index is 12.6. The van der Waals surface area contributed by atoms with Gasteiger partial charge in [0.1, 0.15) is 0 Å². The fourth-order valence-electron chi connectivity index (χ4n) is 5.02. The summed E-state index contributed by atoms with van der Waals surface area (Å²) in [5.74, 6) is 1.60. The van der Waals surface area contributed by atoms with E-state index in [1.165, 1.54) is 32.2 Å². The molecule has 2 aliphatic heterocycles. The predicted octanol–water partition coefficient (Wildman–Crippen LogP) is 3.72. The van der Waals surface area contributed by atoms with Gasteiger partial charge in [-0.3, -0.25) is 9.69 Å². The SMILES string of the molecule is CCC1CCCCN1CCCNC(=O)C1CCN(Cc2nc(-c3ccccc3)no2)CC1. The number of nitrogens with zero attached hydrogens (tertiary/aromatic N) is 4. The lowest BCUT2D eigenvalue weighted by molar-refractivity contribution is -0.126. The third kappa shape index (κ3) is 6.17. The van der Waals surface area contributed by atoms with E-state index >= 15 is 0 Å². The Morgan fingerprint density at radius 1 is 1.12 bits per heavy atom. The van der Waals surface area contributed by atoms with Gasteiger partial charge >= 0.3 is 0 Å². The fraction of sp³-hybridized carbons (Fsp3) is 0.640. The molecule has 0 bridgehead atoms. The summed E-state index contributed by atoms with van der Waals surface area (Å²) < 4.78 is 5.44. The Morgan fingerprint density at radius 2 is 1.94 bits per heavy atom. The molecule has 1 N–H and O–H groups in total. The van der Waals surface area contributed by atoms with E-state index in [1.807, 2.05) is 30.3 Å². The molecule has 1 atom stereocenters. The maximum Gasteiger partial charge on any atom is 0.241 e. The lowest BCUT2D eigenvalue weighted by Crippen LogP contribution is -2.42. The first-order valence-electron chi connectivity index (χ1n) is 12.3. The number of amides is 1. The predicted molar refractivity (Wildman–Crippen MR) is 125 cm³/mol. The number of carbonyl (C=O) groups excluding carboxylic acids is 1. The van der Waals surface area contributed by atoms with E-state index in [2.05, 4.69) is 32.2 Å². The first-order valence-corrected chi connectivity index (χ1v) is 12.3. The quantitative estimate of drug-likeness (QED) is 0.600. The van der Waals surface area contributed by atoms with Crippen molar-refractivity contribution >= 4 is 5.91 Å². The van der Waals surface area contributed by atoms with Crippen molar-refractivity contribution in [2.24, 2.45) is 5.92 Å². The monoisotopic (exact) mass is 439 g/mol. The zero-order chi connectivity index (χ0) is 22.2. The van der Waals surface area contributed by atoms with Crippen molar-refractivity contribution in [1.29, 1.82) is 0 Å². The Morgan fingerprint density at radius 3 is 2.72 bits per heavy atom. The average Bonchev–Trinajstić information content (AvgIpc) is 3.31. The molecule has 2 aromatic rings. The van der Waals surface area contributed by atoms with Crippen molar-refractivity contribution in [1.82, 2.24) is 25.3 Å². The van der Waals surface area contributed by atoms with E-state index < -0.39 is 0 Å². The molecule has 1 aromatic heterocycles. The Kier molecular flexibility index (Phi) is 8.29. The van der Waals surface area contributed by atoms with Crippen LogP contribution in [0.1, 0.15) is 57.8 Å². The molecule has 3 heterocycles. The molecule has 7 nitrogen and oxygen atoms in total. The molecule has 0 radical (unpaired) electrons. The summed E-state index contributed by atoms with van der Waals surface area (Å²) in [5, 5.41) is 7.29. The number of likely N-dealkylation sites (tertiary alicyclic amines) is 2. The van der Waals surface area contributed by atoms with Gasteiger partial charge < -0.3 is 14.7 Å². The smallest absolute Gasteiger partial charge is 0.241 e. The van der Waals surface area contributed by atoms with Gasteiger partial charge in [0.15, 0.2) is 0 Å². The van der Waals surface area contributed by atoms with Crippen molar-refractivity contribution in [3.8, 4) is 11.4 Å². The van der Waals surface area contributed by atoms with E-state index in [1.54, 1.807) is 0 Å². The third-order valence-corrected chi connectivity index (χ3v) is 6.96. The minimum Gasteiger partial charge on any atom is -0.356 e. The summed E-state index contributed by atoms with van der Waals surface area (Å²) in [6.45, 7) is 7.81. The van der Waals surface area contributed by atoms with E-state index in [9.17, 15) is 4.79 Å². The van der Waals surface area contributed by atoms with Crippen molar-refractivity contribution < 1.29 is 9.32 Å². The normalized spacial score (nSPS) is 21.0. The van der Waals surface area contributed by atoms with Crippen LogP contribution in [0.5, 0.6) is 0 Å². The number of hydrogen-bond donors (Lipinski definition) is 1. The molecular formula is C25H37N5O2. The molecule has 1 amide bonds. The van der Waals surface area contributed by atoms with Crippen molar-refractivity contribution in [2.45, 2.75) is 64.5 Å². The largest absolute Gasteiger partial charge is 0.356 e. The molecule has 0 saturated carbocycles. The van der Waals surface area contributed by atoms with E-state index in [4.69, 9.17) is 4.52 Å². The van der Waals surface area contributed by atoms with Gasteiger partial charge in [0, 0.05) is 30.6 Å². The first kappa shape index (κ1) is 22.9. The van der Waals surface area contributed by atoms with Crippen LogP contribution >= 0.6 is 0 Å². The second-order valence-corrected chi connectivity index (χ2v) is 9.17. The first-order chi connectivity index (χ1) is 15.7. The van der Waals surface area contributed by atoms with Crippen molar-refractivity contribution in [3.63, 3.8) is 0 Å². The van der Waals surface area contributed by atoms with Gasteiger partial charge in [-0.25, -0.2) is 0 Å². The molecule has 2 saturated heterocycles. The van der Waals surface area contributed by atoms with Gasteiger partial charge in [-0.05, 0) is 58.2 Å². The van der Waals surface area contributed by atoms with Crippen LogP contribution in [0.25, 0.3) is 11.4 Å². The third-order valence-electron chi connectivity index (χ3n) is 6.96. The van der Waals surface area contributed by atoms with Crippen LogP contribution in [0.2, 0.25) is 0 Å². The van der Waals surface area contributed by atoms with Crippen molar-refractivity contribution in [2.75, 3.05) is 32.7 Å². The average molecular weight is 440 g/mol. The Hall–Kier alpha value is -2.25. The molecule has 2 fully saturated rings. The molecule has 2 aliphatic rings. The highest BCUT2D eigenvalue weighted by Crippen LogP contribution is 2.21. The zero-order valence-electron chi connectivity index (χ0n) is 19.3. The lowest BCUT2D eigenvalue weighted by Gasteiger charge is -2.35. The minimum absolute atomic E-state index is 0.118. The second kappa shape index (κ2) is 11.6. The van der Waals surface area contributed by atoms with Crippen LogP contribution in [0, 0.1) is 5.92 Å². The van der Waals surface area contributed by atoms with Crippen molar-refractivity contribution in [3.05, 3.63) is 36.2 Å². The summed E-state index contributed by atoms with van der Waals surface area (Å²) in [5.41, 5.74) is 0.961. The highest BCUT2D eigenvalue weighted by Gasteiger charge is 2.26. The summed E-state index contributed by atoms with van der Waals surface area (Å²) in [6.07, 6.45) is 8.07. The maximum absolute atomic E-state index is 12.6. The van der Waals surface area contributed by atoms with Gasteiger partial charge in [0.25, 0.3) is 0 Å². The molecular weight excluding hydrogens is 402 g/mol. The number of carbonyl (C=O) groups is 1. The van der Waals surface area contributed by atoms with E-state index in [-0.39, 0.29) is 11.8 Å². The van der Waals surface area contributed by atoms with Crippen LogP contribution in [0.3, 0.4) is 0 Å². The van der Waals surface area contributed by atoms with Crippen LogP contribution < -0.4 is 5.32 Å². The fourth-order valence-corrected chi connectivity index (χ4v) is 5.02. The molecule has 1 unspecified atom stereocenters. The molecule has 4 rings (SSSR count). The number of rotatable bonds is 9. The van der Waals surface area contributed by atoms with Gasteiger partial charge in [-0.15, -0.1) is 0 Å². The highest BCUT2D eigenvalue weighted by atomic mass is 16.5. The molecule has 1 aromatic carbocycles. The molecule has 0 spiro atoms. The van der Waals surface area contributed by atoms with Crippen LogP contribution in [0.15, 0.2) is 34.9 Å². The topological polar surface area (TPSA) is 74.5 Å². The van der Waals surface area contributed by atoms with Gasteiger partial charge in [-0.1, -0.05) is 48.8 Å². The second-order valence-electron chi connectivity index (χ2n) is 9.17. The summed E-state index contributed by atoms with van der Waals surface area (Å²) in [6, 6.07) is 10.6. The Balaban J connectivity index is 1.14. The van der Waals surface area contributed by atoms with Gasteiger partial charge in [0.2, 0.25) is 17.6 Å². The van der Waals surface area contributed by atoms with Gasteiger partial charge in [0.05, 0.1) is 6.54 Å². The number of hydrogen-bond acceptors (Lipinski definition) is 6. The molecule has 174 valence electrons. The molecule has 0 aliphatic carbocycles. The van der Waals surface area contributed by atoms with Crippen LogP contribution in [-0.4, -0.2) is 64.6 Å². The molecule has 32 heavy (non-hydrogen) atoms. The number of aromatic nitrogens is 2. The Labute approximate surface area is 191 Å². The minimum atomic E-state index is 0.118. The van der Waals surface area contributed by atoms with Gasteiger partial charge in [-0.2, -0.15) is 4.98 Å². The summed E-state index contributed by atoms with van der Waals surface area (Å²) in [7, 11) is 0. The standard InChI is InChI=1S/C25H37N5O2/c1-2-22-11-6-7-15-30(22)16-8-14-26-25(31)21-12-17-29(18-13-21)19-23-27-24(28-32-23)20-9-4-3-5-10-20/h3-5,9-10,21-22H,2,6-8,11-19H2,1H3,(H,26,31).